The van der Waals surface area contributed by atoms with Crippen LogP contribution in [0.2, 0.25) is 0 Å². The highest BCUT2D eigenvalue weighted by molar-refractivity contribution is 5.97. The third kappa shape index (κ3) is 6.04. The van der Waals surface area contributed by atoms with Crippen LogP contribution in [0.1, 0.15) is 65.7 Å². The van der Waals surface area contributed by atoms with Crippen molar-refractivity contribution in [2.75, 3.05) is 19.6 Å². The van der Waals surface area contributed by atoms with E-state index >= 15 is 0 Å². The summed E-state index contributed by atoms with van der Waals surface area (Å²) in [6, 6.07) is 15.6. The minimum atomic E-state index is -0.302. The van der Waals surface area contributed by atoms with E-state index in [1.807, 2.05) is 30.3 Å². The fourth-order valence-corrected chi connectivity index (χ4v) is 5.09. The third-order valence-electron chi connectivity index (χ3n) is 7.16. The van der Waals surface area contributed by atoms with Crippen LogP contribution in [-0.2, 0) is 0 Å². The van der Waals surface area contributed by atoms with Crippen molar-refractivity contribution in [1.29, 1.82) is 0 Å². The Morgan fingerprint density at radius 2 is 1.50 bits per heavy atom. The first-order chi connectivity index (χ1) is 15.6. The molecular formula is C27H33FN2O2. The largest absolute Gasteiger partial charge is 0.349 e. The van der Waals surface area contributed by atoms with Crippen LogP contribution >= 0.6 is 0 Å². The van der Waals surface area contributed by atoms with Crippen molar-refractivity contribution in [3.8, 4) is 0 Å². The summed E-state index contributed by atoms with van der Waals surface area (Å²) in [4.78, 5) is 27.5. The molecule has 0 radical (unpaired) electrons. The molecule has 0 unspecified atom stereocenters. The summed E-state index contributed by atoms with van der Waals surface area (Å²) in [5, 5.41) is 3.19. The molecule has 170 valence electrons. The number of piperidine rings is 1. The van der Waals surface area contributed by atoms with Gasteiger partial charge >= 0.3 is 0 Å². The number of carbonyl (C=O) groups excluding carboxylic acids is 2. The first-order valence-corrected chi connectivity index (χ1v) is 12.0. The second kappa shape index (κ2) is 10.9. The summed E-state index contributed by atoms with van der Waals surface area (Å²) in [5.74, 6) is 0.662. The number of rotatable bonds is 7. The molecule has 5 heteroatoms. The number of amides is 1. The number of benzene rings is 2. The first-order valence-electron chi connectivity index (χ1n) is 12.0. The van der Waals surface area contributed by atoms with E-state index < -0.39 is 0 Å². The summed E-state index contributed by atoms with van der Waals surface area (Å²) in [6.45, 7) is 3.00. The van der Waals surface area contributed by atoms with Gasteiger partial charge < -0.3 is 10.2 Å². The maximum atomic E-state index is 13.1. The SMILES string of the molecule is O=C(NC1CCC(CCN2CCC(C(=O)c3ccc(F)cc3)CC2)CC1)c1ccccc1. The average Bonchev–Trinajstić information content (AvgIpc) is 2.84. The Kier molecular flexibility index (Phi) is 7.69. The number of nitrogens with zero attached hydrogens (tertiary/aromatic N) is 1. The Balaban J connectivity index is 1.13. The summed E-state index contributed by atoms with van der Waals surface area (Å²) in [7, 11) is 0. The van der Waals surface area contributed by atoms with Crippen LogP contribution in [0.5, 0.6) is 0 Å². The number of hydrogen-bond donors (Lipinski definition) is 1. The number of ketones is 1. The van der Waals surface area contributed by atoms with Crippen molar-refractivity contribution in [2.45, 2.75) is 51.0 Å². The highest BCUT2D eigenvalue weighted by atomic mass is 19.1. The Labute approximate surface area is 190 Å². The number of likely N-dealkylation sites (tertiary alicyclic amines) is 1. The number of hydrogen-bond acceptors (Lipinski definition) is 3. The van der Waals surface area contributed by atoms with Crippen LogP contribution in [-0.4, -0.2) is 42.3 Å². The maximum Gasteiger partial charge on any atom is 0.251 e. The van der Waals surface area contributed by atoms with Crippen molar-refractivity contribution < 1.29 is 14.0 Å². The molecule has 0 spiro atoms. The van der Waals surface area contributed by atoms with Crippen LogP contribution in [0.15, 0.2) is 54.6 Å². The lowest BCUT2D eigenvalue weighted by Crippen LogP contribution is -2.39. The molecule has 0 atom stereocenters. The highest BCUT2D eigenvalue weighted by Crippen LogP contribution is 2.28. The second-order valence-electron chi connectivity index (χ2n) is 9.33. The fourth-order valence-electron chi connectivity index (χ4n) is 5.09. The summed E-state index contributed by atoms with van der Waals surface area (Å²) in [6.07, 6.45) is 7.40. The van der Waals surface area contributed by atoms with Crippen LogP contribution < -0.4 is 5.32 Å². The molecule has 1 aliphatic heterocycles. The Bertz CT molecular complexity index is 884. The van der Waals surface area contributed by atoms with Crippen molar-refractivity contribution in [3.63, 3.8) is 0 Å². The Morgan fingerprint density at radius 1 is 0.844 bits per heavy atom. The second-order valence-corrected chi connectivity index (χ2v) is 9.33. The Morgan fingerprint density at radius 3 is 2.16 bits per heavy atom. The van der Waals surface area contributed by atoms with E-state index in [1.165, 1.54) is 31.4 Å². The number of nitrogens with one attached hydrogen (secondary N) is 1. The molecular weight excluding hydrogens is 403 g/mol. The van der Waals surface area contributed by atoms with Gasteiger partial charge in [-0.25, -0.2) is 4.39 Å². The Hall–Kier alpha value is -2.53. The smallest absolute Gasteiger partial charge is 0.251 e. The van der Waals surface area contributed by atoms with E-state index in [1.54, 1.807) is 12.1 Å². The highest BCUT2D eigenvalue weighted by Gasteiger charge is 2.27. The van der Waals surface area contributed by atoms with Gasteiger partial charge in [0.15, 0.2) is 5.78 Å². The number of halogens is 1. The van der Waals surface area contributed by atoms with Gasteiger partial charge in [-0.2, -0.15) is 0 Å². The van der Waals surface area contributed by atoms with Crippen molar-refractivity contribution >= 4 is 11.7 Å². The van der Waals surface area contributed by atoms with Gasteiger partial charge in [0.05, 0.1) is 0 Å². The normalized spacial score (nSPS) is 22.4. The van der Waals surface area contributed by atoms with E-state index in [4.69, 9.17) is 0 Å². The first kappa shape index (κ1) is 22.7. The van der Waals surface area contributed by atoms with Crippen LogP contribution in [0, 0.1) is 17.7 Å². The van der Waals surface area contributed by atoms with E-state index in [-0.39, 0.29) is 29.5 Å². The van der Waals surface area contributed by atoms with Crippen molar-refractivity contribution in [1.82, 2.24) is 10.2 Å². The van der Waals surface area contributed by atoms with Crippen molar-refractivity contribution in [3.05, 3.63) is 71.5 Å². The van der Waals surface area contributed by atoms with Crippen LogP contribution in [0.25, 0.3) is 0 Å². The van der Waals surface area contributed by atoms with Gasteiger partial charge in [-0.05, 0) is 107 Å². The lowest BCUT2D eigenvalue weighted by Gasteiger charge is -2.34. The van der Waals surface area contributed by atoms with Crippen LogP contribution in [0.4, 0.5) is 4.39 Å². The molecule has 2 aliphatic rings. The van der Waals surface area contributed by atoms with Gasteiger partial charge in [0.2, 0.25) is 0 Å². The van der Waals surface area contributed by atoms with E-state index in [9.17, 15) is 14.0 Å². The molecule has 2 aromatic rings. The predicted octanol–water partition coefficient (Wildman–Crippen LogP) is 5.10. The molecule has 2 aromatic carbocycles. The van der Waals surface area contributed by atoms with Gasteiger partial charge in [-0.3, -0.25) is 9.59 Å². The molecule has 1 aliphatic carbocycles. The molecule has 4 rings (SSSR count). The molecule has 1 N–H and O–H groups in total. The van der Waals surface area contributed by atoms with Gasteiger partial charge in [-0.1, -0.05) is 18.2 Å². The van der Waals surface area contributed by atoms with Crippen molar-refractivity contribution in [2.24, 2.45) is 11.8 Å². The average molecular weight is 437 g/mol. The van der Waals surface area contributed by atoms with Gasteiger partial charge in [-0.15, -0.1) is 0 Å². The maximum absolute atomic E-state index is 13.1. The van der Waals surface area contributed by atoms with E-state index in [0.717, 1.165) is 56.8 Å². The van der Waals surface area contributed by atoms with Crippen LogP contribution in [0.3, 0.4) is 0 Å². The fraction of sp³-hybridized carbons (Fsp3) is 0.481. The number of Topliss-reactive ketones (excluding diaryl/α,β-unsaturated/α-hetero) is 1. The molecule has 1 amide bonds. The zero-order chi connectivity index (χ0) is 22.3. The summed E-state index contributed by atoms with van der Waals surface area (Å²) < 4.78 is 13.1. The predicted molar refractivity (Wildman–Crippen MR) is 124 cm³/mol. The zero-order valence-corrected chi connectivity index (χ0v) is 18.6. The van der Waals surface area contributed by atoms with Gasteiger partial charge in [0.1, 0.15) is 5.82 Å². The molecule has 0 bridgehead atoms. The third-order valence-corrected chi connectivity index (χ3v) is 7.16. The quantitative estimate of drug-likeness (QED) is 0.615. The lowest BCUT2D eigenvalue weighted by atomic mass is 9.83. The molecule has 4 nitrogen and oxygen atoms in total. The molecule has 2 fully saturated rings. The standard InChI is InChI=1S/C27H33FN2O2/c28-24-10-8-21(9-11-24)26(31)22-15-18-30(19-16-22)17-14-20-6-12-25(13-7-20)29-27(32)23-4-2-1-3-5-23/h1-5,8-11,20,22,25H,6-7,12-19H2,(H,29,32). The number of carbonyl (C=O) groups is 2. The minimum absolute atomic E-state index is 0.0344. The molecule has 0 aromatic heterocycles. The van der Waals surface area contributed by atoms with Gasteiger partial charge in [0.25, 0.3) is 5.91 Å². The molecule has 32 heavy (non-hydrogen) atoms. The molecule has 1 heterocycles. The zero-order valence-electron chi connectivity index (χ0n) is 18.6. The molecule has 1 saturated heterocycles. The monoisotopic (exact) mass is 436 g/mol. The van der Waals surface area contributed by atoms with E-state index in [0.29, 0.717) is 5.56 Å². The summed E-state index contributed by atoms with van der Waals surface area (Å²) >= 11 is 0. The molecule has 1 saturated carbocycles. The topological polar surface area (TPSA) is 49.4 Å². The summed E-state index contributed by atoms with van der Waals surface area (Å²) in [5.41, 5.74) is 1.36. The lowest BCUT2D eigenvalue weighted by molar-refractivity contribution is 0.0832. The van der Waals surface area contributed by atoms with Gasteiger partial charge in [0, 0.05) is 23.1 Å². The van der Waals surface area contributed by atoms with E-state index in [2.05, 4.69) is 10.2 Å². The minimum Gasteiger partial charge on any atom is -0.349 e.